The van der Waals surface area contributed by atoms with Crippen LogP contribution in [0.15, 0.2) is 42.6 Å². The van der Waals surface area contributed by atoms with Crippen LogP contribution >= 0.6 is 0 Å². The number of nitrogens with two attached hydrogens (primary N) is 1. The Morgan fingerprint density at radius 2 is 1.84 bits per heavy atom. The Labute approximate surface area is 108 Å². The number of para-hydroxylation sites is 1. The van der Waals surface area contributed by atoms with Crippen molar-refractivity contribution in [1.82, 2.24) is 4.98 Å². The third kappa shape index (κ3) is 3.23. The van der Waals surface area contributed by atoms with Gasteiger partial charge in [0.15, 0.2) is 0 Å². The van der Waals surface area contributed by atoms with Crippen molar-refractivity contribution in [2.75, 3.05) is 5.32 Å². The quantitative estimate of drug-likeness (QED) is 0.897. The number of benzene rings is 1. The summed E-state index contributed by atoms with van der Waals surface area (Å²) in [7, 11) is 0. The van der Waals surface area contributed by atoms with E-state index in [1.165, 1.54) is 6.07 Å². The molecule has 3 nitrogen and oxygen atoms in total. The second-order valence-corrected chi connectivity index (χ2v) is 3.92. The molecule has 1 aromatic carbocycles. The predicted octanol–water partition coefficient (Wildman–Crippen LogP) is 3.30. The van der Waals surface area contributed by atoms with Crippen LogP contribution in [0.1, 0.15) is 11.1 Å². The van der Waals surface area contributed by atoms with Gasteiger partial charge in [-0.25, -0.2) is 4.98 Å². The summed E-state index contributed by atoms with van der Waals surface area (Å²) >= 11 is 0. The molecule has 0 aliphatic rings. The zero-order chi connectivity index (χ0) is 13.9. The molecule has 19 heavy (non-hydrogen) atoms. The lowest BCUT2D eigenvalue weighted by atomic mass is 10.2. The molecule has 0 saturated carbocycles. The Morgan fingerprint density at radius 3 is 2.42 bits per heavy atom. The fraction of sp³-hybridized carbons (Fsp3) is 0.154. The van der Waals surface area contributed by atoms with Gasteiger partial charge >= 0.3 is 6.18 Å². The first-order valence-electron chi connectivity index (χ1n) is 5.59. The first kappa shape index (κ1) is 13.4. The highest BCUT2D eigenvalue weighted by Gasteiger charge is 2.30. The molecule has 0 aliphatic heterocycles. The van der Waals surface area contributed by atoms with E-state index < -0.39 is 11.7 Å². The van der Waals surface area contributed by atoms with E-state index >= 15 is 0 Å². The number of nitrogens with one attached hydrogen (secondary N) is 1. The highest BCUT2D eigenvalue weighted by atomic mass is 19.4. The van der Waals surface area contributed by atoms with Crippen molar-refractivity contribution in [3.05, 3.63) is 53.7 Å². The summed E-state index contributed by atoms with van der Waals surface area (Å²) in [6.07, 6.45) is -3.58. The summed E-state index contributed by atoms with van der Waals surface area (Å²) in [4.78, 5) is 3.74. The van der Waals surface area contributed by atoms with E-state index in [1.807, 2.05) is 18.2 Å². The molecule has 0 aliphatic carbocycles. The van der Waals surface area contributed by atoms with Gasteiger partial charge in [-0.05, 0) is 23.8 Å². The van der Waals surface area contributed by atoms with Crippen molar-refractivity contribution >= 4 is 11.5 Å². The third-order valence-corrected chi connectivity index (χ3v) is 2.59. The molecule has 0 unspecified atom stereocenters. The average Bonchev–Trinajstić information content (AvgIpc) is 2.39. The van der Waals surface area contributed by atoms with Gasteiger partial charge in [-0.15, -0.1) is 0 Å². The monoisotopic (exact) mass is 267 g/mol. The Morgan fingerprint density at radius 1 is 1.11 bits per heavy atom. The Hall–Kier alpha value is -2.08. The second kappa shape index (κ2) is 5.27. The standard InChI is InChI=1S/C13H12F3N3/c14-13(15,16)10-5-6-12(18-8-10)19-11-4-2-1-3-9(11)7-17/h1-6,8H,7,17H2,(H,18,19). The SMILES string of the molecule is NCc1ccccc1Nc1ccc(C(F)(F)F)cn1. The van der Waals surface area contributed by atoms with Crippen molar-refractivity contribution < 1.29 is 13.2 Å². The average molecular weight is 267 g/mol. The lowest BCUT2D eigenvalue weighted by Gasteiger charge is -2.11. The first-order chi connectivity index (χ1) is 9.00. The molecule has 1 aromatic heterocycles. The van der Waals surface area contributed by atoms with E-state index in [-0.39, 0.29) is 0 Å². The molecular weight excluding hydrogens is 255 g/mol. The van der Waals surface area contributed by atoms with Gasteiger partial charge in [0.05, 0.1) is 5.56 Å². The van der Waals surface area contributed by atoms with E-state index in [0.29, 0.717) is 12.4 Å². The van der Waals surface area contributed by atoms with Gasteiger partial charge < -0.3 is 11.1 Å². The number of hydrogen-bond acceptors (Lipinski definition) is 3. The summed E-state index contributed by atoms with van der Waals surface area (Å²) in [5, 5.41) is 2.94. The van der Waals surface area contributed by atoms with Crippen molar-refractivity contribution in [3.8, 4) is 0 Å². The predicted molar refractivity (Wildman–Crippen MR) is 66.9 cm³/mol. The van der Waals surface area contributed by atoms with E-state index in [2.05, 4.69) is 10.3 Å². The van der Waals surface area contributed by atoms with Crippen LogP contribution in [-0.2, 0) is 12.7 Å². The zero-order valence-electron chi connectivity index (χ0n) is 9.91. The number of aromatic nitrogens is 1. The van der Waals surface area contributed by atoms with Crippen molar-refractivity contribution in [3.63, 3.8) is 0 Å². The number of anilines is 2. The normalized spacial score (nSPS) is 11.4. The minimum atomic E-state index is -4.37. The van der Waals surface area contributed by atoms with Gasteiger partial charge in [-0.2, -0.15) is 13.2 Å². The van der Waals surface area contributed by atoms with Gasteiger partial charge in [0.25, 0.3) is 0 Å². The molecule has 0 atom stereocenters. The number of rotatable bonds is 3. The van der Waals surface area contributed by atoms with Gasteiger partial charge in [-0.1, -0.05) is 18.2 Å². The number of halogens is 3. The number of hydrogen-bond donors (Lipinski definition) is 2. The van der Waals surface area contributed by atoms with E-state index in [1.54, 1.807) is 6.07 Å². The van der Waals surface area contributed by atoms with Crippen LogP contribution in [0.4, 0.5) is 24.7 Å². The van der Waals surface area contributed by atoms with Crippen LogP contribution in [0.5, 0.6) is 0 Å². The Balaban J connectivity index is 2.20. The smallest absolute Gasteiger partial charge is 0.340 e. The van der Waals surface area contributed by atoms with Crippen molar-refractivity contribution in [1.29, 1.82) is 0 Å². The Kier molecular flexibility index (Phi) is 3.71. The minimum Gasteiger partial charge on any atom is -0.340 e. The van der Waals surface area contributed by atoms with Crippen molar-refractivity contribution in [2.45, 2.75) is 12.7 Å². The number of nitrogens with zero attached hydrogens (tertiary/aromatic N) is 1. The molecule has 1 heterocycles. The zero-order valence-corrected chi connectivity index (χ0v) is 9.91. The molecular formula is C13H12F3N3. The number of alkyl halides is 3. The highest BCUT2D eigenvalue weighted by molar-refractivity contribution is 5.60. The number of pyridine rings is 1. The van der Waals surface area contributed by atoms with Crippen molar-refractivity contribution in [2.24, 2.45) is 5.73 Å². The molecule has 100 valence electrons. The molecule has 0 saturated heterocycles. The fourth-order valence-electron chi connectivity index (χ4n) is 1.59. The first-order valence-corrected chi connectivity index (χ1v) is 5.59. The maximum atomic E-state index is 12.4. The fourth-order valence-corrected chi connectivity index (χ4v) is 1.59. The highest BCUT2D eigenvalue weighted by Crippen LogP contribution is 2.29. The van der Waals surface area contributed by atoms with Gasteiger partial charge in [-0.3, -0.25) is 0 Å². The van der Waals surface area contributed by atoms with E-state index in [9.17, 15) is 13.2 Å². The van der Waals surface area contributed by atoms with Crippen LogP contribution in [0.3, 0.4) is 0 Å². The van der Waals surface area contributed by atoms with Crippen LogP contribution in [-0.4, -0.2) is 4.98 Å². The lowest BCUT2D eigenvalue weighted by Crippen LogP contribution is -2.06. The van der Waals surface area contributed by atoms with Crippen LogP contribution in [0.2, 0.25) is 0 Å². The summed E-state index contributed by atoms with van der Waals surface area (Å²) < 4.78 is 37.2. The molecule has 0 amide bonds. The summed E-state index contributed by atoms with van der Waals surface area (Å²) in [5.41, 5.74) is 6.40. The second-order valence-electron chi connectivity index (χ2n) is 3.92. The summed E-state index contributed by atoms with van der Waals surface area (Å²) in [6.45, 7) is 0.337. The molecule has 0 radical (unpaired) electrons. The van der Waals surface area contributed by atoms with Gasteiger partial charge in [0.2, 0.25) is 0 Å². The summed E-state index contributed by atoms with van der Waals surface area (Å²) in [5.74, 6) is 0.342. The van der Waals surface area contributed by atoms with Crippen LogP contribution in [0, 0.1) is 0 Å². The molecule has 0 spiro atoms. The van der Waals surface area contributed by atoms with Gasteiger partial charge in [0, 0.05) is 18.4 Å². The molecule has 0 bridgehead atoms. The molecule has 0 fully saturated rings. The maximum Gasteiger partial charge on any atom is 0.417 e. The molecule has 3 N–H and O–H groups in total. The largest absolute Gasteiger partial charge is 0.417 e. The maximum absolute atomic E-state index is 12.4. The molecule has 2 rings (SSSR count). The van der Waals surface area contributed by atoms with Gasteiger partial charge in [0.1, 0.15) is 5.82 Å². The summed E-state index contributed by atoms with van der Waals surface area (Å²) in [6, 6.07) is 9.56. The third-order valence-electron chi connectivity index (χ3n) is 2.59. The lowest BCUT2D eigenvalue weighted by molar-refractivity contribution is -0.137. The van der Waals surface area contributed by atoms with Crippen LogP contribution < -0.4 is 11.1 Å². The van der Waals surface area contributed by atoms with E-state index in [0.717, 1.165) is 23.5 Å². The molecule has 6 heteroatoms. The van der Waals surface area contributed by atoms with E-state index in [4.69, 9.17) is 5.73 Å². The Bertz CT molecular complexity index is 550. The topological polar surface area (TPSA) is 50.9 Å². The van der Waals surface area contributed by atoms with Crippen LogP contribution in [0.25, 0.3) is 0 Å². The minimum absolute atomic E-state index is 0.337. The molecule has 2 aromatic rings.